The van der Waals surface area contributed by atoms with Gasteiger partial charge in [-0.25, -0.2) is 0 Å². The molecule has 17 heavy (non-hydrogen) atoms. The van der Waals surface area contributed by atoms with Crippen LogP contribution >= 0.6 is 0 Å². The first-order valence-corrected chi connectivity index (χ1v) is 6.91. The number of carbonyl (C=O) groups is 1. The second-order valence-corrected chi connectivity index (χ2v) is 5.36. The lowest BCUT2D eigenvalue weighted by Gasteiger charge is -2.35. The smallest absolute Gasteiger partial charge is 0.239 e. The van der Waals surface area contributed by atoms with Crippen molar-refractivity contribution >= 4 is 5.91 Å². The van der Waals surface area contributed by atoms with E-state index >= 15 is 0 Å². The second kappa shape index (κ2) is 5.83. The molecule has 0 aromatic rings. The first kappa shape index (κ1) is 12.8. The van der Waals surface area contributed by atoms with Crippen molar-refractivity contribution in [2.45, 2.75) is 44.7 Å². The predicted molar refractivity (Wildman–Crippen MR) is 68.9 cm³/mol. The van der Waals surface area contributed by atoms with Crippen LogP contribution in [0.2, 0.25) is 0 Å². The van der Waals surface area contributed by atoms with Crippen molar-refractivity contribution in [2.75, 3.05) is 33.2 Å². The number of nitrogens with one attached hydrogen (secondary N) is 1. The van der Waals surface area contributed by atoms with Crippen molar-refractivity contribution in [1.29, 1.82) is 0 Å². The first-order chi connectivity index (χ1) is 8.20. The lowest BCUT2D eigenvalue weighted by Crippen LogP contribution is -2.53. The van der Waals surface area contributed by atoms with E-state index in [1.165, 1.54) is 25.7 Å². The normalized spacial score (nSPS) is 24.3. The average molecular weight is 239 g/mol. The van der Waals surface area contributed by atoms with E-state index < -0.39 is 0 Å². The third-order valence-electron chi connectivity index (χ3n) is 4.30. The molecule has 0 spiro atoms. The highest BCUT2D eigenvalue weighted by atomic mass is 16.2. The Hall–Kier alpha value is -0.610. The molecule has 0 aromatic heterocycles. The zero-order valence-electron chi connectivity index (χ0n) is 11.1. The summed E-state index contributed by atoms with van der Waals surface area (Å²) in [4.78, 5) is 16.6. The van der Waals surface area contributed by atoms with E-state index in [4.69, 9.17) is 0 Å². The molecule has 1 N–H and O–H groups in total. The van der Waals surface area contributed by atoms with E-state index in [1.54, 1.807) is 0 Å². The van der Waals surface area contributed by atoms with Gasteiger partial charge >= 0.3 is 0 Å². The van der Waals surface area contributed by atoms with Crippen LogP contribution in [0.15, 0.2) is 0 Å². The summed E-state index contributed by atoms with van der Waals surface area (Å²) in [5.41, 5.74) is 0. The van der Waals surface area contributed by atoms with Crippen LogP contribution in [0.1, 0.15) is 32.6 Å². The Labute approximate surface area is 104 Å². The van der Waals surface area contributed by atoms with Gasteiger partial charge in [0.2, 0.25) is 5.91 Å². The maximum Gasteiger partial charge on any atom is 0.239 e. The van der Waals surface area contributed by atoms with Crippen LogP contribution in [0.4, 0.5) is 0 Å². The molecule has 1 aliphatic heterocycles. The van der Waals surface area contributed by atoms with Crippen LogP contribution < -0.4 is 5.32 Å². The van der Waals surface area contributed by atoms with Gasteiger partial charge < -0.3 is 10.2 Å². The van der Waals surface area contributed by atoms with E-state index in [-0.39, 0.29) is 6.04 Å². The monoisotopic (exact) mass is 239 g/mol. The van der Waals surface area contributed by atoms with Crippen molar-refractivity contribution in [2.24, 2.45) is 0 Å². The zero-order chi connectivity index (χ0) is 12.3. The molecule has 4 nitrogen and oxygen atoms in total. The Morgan fingerprint density at radius 3 is 2.47 bits per heavy atom. The van der Waals surface area contributed by atoms with Crippen molar-refractivity contribution in [3.63, 3.8) is 0 Å². The SMILES string of the molecule is CC(C(=O)N1CCNCC1)N(C)C1CCCC1. The van der Waals surface area contributed by atoms with Crippen molar-refractivity contribution < 1.29 is 4.79 Å². The van der Waals surface area contributed by atoms with E-state index in [2.05, 4.69) is 24.2 Å². The summed E-state index contributed by atoms with van der Waals surface area (Å²) in [7, 11) is 2.11. The summed E-state index contributed by atoms with van der Waals surface area (Å²) >= 11 is 0. The highest BCUT2D eigenvalue weighted by Crippen LogP contribution is 2.24. The van der Waals surface area contributed by atoms with Crippen molar-refractivity contribution in [1.82, 2.24) is 15.1 Å². The molecule has 2 aliphatic rings. The van der Waals surface area contributed by atoms with Crippen molar-refractivity contribution in [3.05, 3.63) is 0 Å². The number of carbonyl (C=O) groups excluding carboxylic acids is 1. The lowest BCUT2D eigenvalue weighted by molar-refractivity contribution is -0.137. The number of rotatable bonds is 3. The summed E-state index contributed by atoms with van der Waals surface area (Å²) in [5.74, 6) is 0.306. The van der Waals surface area contributed by atoms with E-state index in [0.717, 1.165) is 26.2 Å². The minimum Gasteiger partial charge on any atom is -0.339 e. The Morgan fingerprint density at radius 1 is 1.29 bits per heavy atom. The molecule has 2 rings (SSSR count). The summed E-state index contributed by atoms with van der Waals surface area (Å²) in [5, 5.41) is 3.29. The van der Waals surface area contributed by atoms with Crippen LogP contribution in [0.5, 0.6) is 0 Å². The molecule has 4 heteroatoms. The van der Waals surface area contributed by atoms with E-state index in [1.807, 2.05) is 4.90 Å². The largest absolute Gasteiger partial charge is 0.339 e. The summed E-state index contributed by atoms with van der Waals surface area (Å²) in [6.07, 6.45) is 5.17. The van der Waals surface area contributed by atoms with Gasteiger partial charge in [-0.05, 0) is 26.8 Å². The Kier molecular flexibility index (Phi) is 4.40. The number of amides is 1. The van der Waals surface area contributed by atoms with E-state index in [0.29, 0.717) is 11.9 Å². The molecule has 1 amide bonds. The number of piperazine rings is 1. The van der Waals surface area contributed by atoms with Crippen LogP contribution in [-0.2, 0) is 4.79 Å². The molecule has 1 saturated heterocycles. The highest BCUT2D eigenvalue weighted by Gasteiger charge is 2.30. The molecule has 98 valence electrons. The average Bonchev–Trinajstić information content (AvgIpc) is 2.91. The second-order valence-electron chi connectivity index (χ2n) is 5.36. The highest BCUT2D eigenvalue weighted by molar-refractivity contribution is 5.81. The van der Waals surface area contributed by atoms with E-state index in [9.17, 15) is 4.79 Å². The molecule has 0 radical (unpaired) electrons. The van der Waals surface area contributed by atoms with Gasteiger partial charge in [0.25, 0.3) is 0 Å². The number of hydrogen-bond acceptors (Lipinski definition) is 3. The maximum atomic E-state index is 12.4. The topological polar surface area (TPSA) is 35.6 Å². The quantitative estimate of drug-likeness (QED) is 0.787. The van der Waals surface area contributed by atoms with Gasteiger partial charge in [0.15, 0.2) is 0 Å². The minimum absolute atomic E-state index is 0.0381. The third-order valence-corrected chi connectivity index (χ3v) is 4.30. The Morgan fingerprint density at radius 2 is 1.88 bits per heavy atom. The van der Waals surface area contributed by atoms with Crippen LogP contribution in [0, 0.1) is 0 Å². The van der Waals surface area contributed by atoms with Crippen LogP contribution in [0.25, 0.3) is 0 Å². The summed E-state index contributed by atoms with van der Waals surface area (Å²) in [6, 6.07) is 0.660. The molecule has 2 fully saturated rings. The van der Waals surface area contributed by atoms with Gasteiger partial charge in [0.05, 0.1) is 6.04 Å². The first-order valence-electron chi connectivity index (χ1n) is 6.91. The zero-order valence-corrected chi connectivity index (χ0v) is 11.1. The molecular weight excluding hydrogens is 214 g/mol. The molecule has 1 aliphatic carbocycles. The summed E-state index contributed by atoms with van der Waals surface area (Å²) in [6.45, 7) is 5.66. The molecule has 1 heterocycles. The molecular formula is C13H25N3O. The standard InChI is InChI=1S/C13H25N3O/c1-11(15(2)12-5-3-4-6-12)13(17)16-9-7-14-8-10-16/h11-12,14H,3-10H2,1-2H3. The van der Waals surface area contributed by atoms with Crippen LogP contribution in [0.3, 0.4) is 0 Å². The third kappa shape index (κ3) is 2.99. The van der Waals surface area contributed by atoms with Crippen LogP contribution in [-0.4, -0.2) is 61.0 Å². The minimum atomic E-state index is 0.0381. The predicted octanol–water partition coefficient (Wildman–Crippen LogP) is 0.681. The fourth-order valence-electron chi connectivity index (χ4n) is 2.95. The molecule has 1 saturated carbocycles. The fraction of sp³-hybridized carbons (Fsp3) is 0.923. The Bertz CT molecular complexity index is 257. The summed E-state index contributed by atoms with van der Waals surface area (Å²) < 4.78 is 0. The number of nitrogens with zero attached hydrogens (tertiary/aromatic N) is 2. The van der Waals surface area contributed by atoms with Gasteiger partial charge in [-0.3, -0.25) is 9.69 Å². The number of hydrogen-bond donors (Lipinski definition) is 1. The van der Waals surface area contributed by atoms with Gasteiger partial charge in [-0.2, -0.15) is 0 Å². The van der Waals surface area contributed by atoms with Gasteiger partial charge in [-0.1, -0.05) is 12.8 Å². The van der Waals surface area contributed by atoms with Gasteiger partial charge in [0, 0.05) is 32.2 Å². The molecule has 1 unspecified atom stereocenters. The maximum absolute atomic E-state index is 12.4. The number of likely N-dealkylation sites (N-methyl/N-ethyl adjacent to an activating group) is 1. The molecule has 0 bridgehead atoms. The molecule has 1 atom stereocenters. The lowest BCUT2D eigenvalue weighted by atomic mass is 10.1. The van der Waals surface area contributed by atoms with Gasteiger partial charge in [-0.15, -0.1) is 0 Å². The van der Waals surface area contributed by atoms with Crippen molar-refractivity contribution in [3.8, 4) is 0 Å². The van der Waals surface area contributed by atoms with Gasteiger partial charge in [0.1, 0.15) is 0 Å². The Balaban J connectivity index is 1.88. The molecule has 0 aromatic carbocycles. The fourth-order valence-corrected chi connectivity index (χ4v) is 2.95.